The van der Waals surface area contributed by atoms with Crippen LogP contribution >= 0.6 is 11.6 Å². The van der Waals surface area contributed by atoms with Crippen LogP contribution in [0.15, 0.2) is 60.7 Å². The van der Waals surface area contributed by atoms with Gasteiger partial charge in [-0.25, -0.2) is 4.98 Å². The van der Waals surface area contributed by atoms with Gasteiger partial charge in [-0.1, -0.05) is 48.0 Å². The third-order valence-electron chi connectivity index (χ3n) is 3.82. The van der Waals surface area contributed by atoms with Crippen LogP contribution < -0.4 is 5.32 Å². The Labute approximate surface area is 144 Å². The Hall–Kier alpha value is -2.85. The van der Waals surface area contributed by atoms with Crippen LogP contribution in [0.1, 0.15) is 5.69 Å². The molecule has 4 nitrogen and oxygen atoms in total. The molecule has 0 unspecified atom stereocenters. The van der Waals surface area contributed by atoms with Crippen molar-refractivity contribution in [3.8, 4) is 11.3 Å². The number of nitrogens with zero attached hydrogens (tertiary/aromatic N) is 2. The van der Waals surface area contributed by atoms with Gasteiger partial charge < -0.3 is 5.32 Å². The van der Waals surface area contributed by atoms with Crippen LogP contribution in [-0.2, 0) is 0 Å². The molecule has 2 N–H and O–H groups in total. The van der Waals surface area contributed by atoms with Gasteiger partial charge in [0.05, 0.1) is 5.69 Å². The van der Waals surface area contributed by atoms with Crippen LogP contribution in [0.2, 0.25) is 5.02 Å². The van der Waals surface area contributed by atoms with Crippen LogP contribution in [0, 0.1) is 6.92 Å². The summed E-state index contributed by atoms with van der Waals surface area (Å²) in [6.45, 7) is 1.96. The van der Waals surface area contributed by atoms with E-state index >= 15 is 0 Å². The first-order chi connectivity index (χ1) is 11.7. The lowest BCUT2D eigenvalue weighted by molar-refractivity contribution is 1.05. The fourth-order valence-corrected chi connectivity index (χ4v) is 2.83. The van der Waals surface area contributed by atoms with Crippen LogP contribution in [0.4, 0.5) is 11.6 Å². The third-order valence-corrected chi connectivity index (χ3v) is 4.07. The number of anilines is 2. The zero-order valence-electron chi connectivity index (χ0n) is 13.0. The highest BCUT2D eigenvalue weighted by Crippen LogP contribution is 2.30. The Balaban J connectivity index is 1.85. The number of hydrogen-bond acceptors (Lipinski definition) is 3. The Morgan fingerprint density at radius 2 is 1.75 bits per heavy atom. The summed E-state index contributed by atoms with van der Waals surface area (Å²) < 4.78 is 0. The number of pyridine rings is 1. The van der Waals surface area contributed by atoms with Crippen molar-refractivity contribution in [1.29, 1.82) is 0 Å². The lowest BCUT2D eigenvalue weighted by atomic mass is 10.0. The highest BCUT2D eigenvalue weighted by atomic mass is 35.5. The molecule has 0 bridgehead atoms. The third kappa shape index (κ3) is 2.84. The molecule has 2 aromatic carbocycles. The van der Waals surface area contributed by atoms with Gasteiger partial charge in [-0.05, 0) is 30.5 Å². The standard InChI is InChI=1S/C19H15ClN4/c1-12-10-18(24-23-12)21-17-11-14-4-2-3-5-16(14)19(22-17)13-6-8-15(20)9-7-13/h2-11H,1H3,(H2,21,22,23,24). The number of halogens is 1. The van der Waals surface area contributed by atoms with Crippen molar-refractivity contribution in [2.45, 2.75) is 6.92 Å². The second-order valence-corrected chi connectivity index (χ2v) is 6.08. The summed E-state index contributed by atoms with van der Waals surface area (Å²) in [7, 11) is 0. The summed E-state index contributed by atoms with van der Waals surface area (Å²) in [5.41, 5.74) is 2.94. The van der Waals surface area contributed by atoms with Crippen molar-refractivity contribution in [3.63, 3.8) is 0 Å². The molecule has 24 heavy (non-hydrogen) atoms. The zero-order valence-corrected chi connectivity index (χ0v) is 13.8. The summed E-state index contributed by atoms with van der Waals surface area (Å²) in [6, 6.07) is 19.9. The minimum atomic E-state index is 0.712. The normalized spacial score (nSPS) is 10.9. The number of hydrogen-bond donors (Lipinski definition) is 2. The fourth-order valence-electron chi connectivity index (χ4n) is 2.70. The highest BCUT2D eigenvalue weighted by molar-refractivity contribution is 6.30. The first-order valence-corrected chi connectivity index (χ1v) is 8.01. The molecule has 0 saturated carbocycles. The van der Waals surface area contributed by atoms with Gasteiger partial charge in [0.1, 0.15) is 5.82 Å². The predicted molar refractivity (Wildman–Crippen MR) is 98.8 cm³/mol. The van der Waals surface area contributed by atoms with E-state index in [1.165, 1.54) is 0 Å². The second kappa shape index (κ2) is 5.98. The summed E-state index contributed by atoms with van der Waals surface area (Å²) >= 11 is 6.01. The predicted octanol–water partition coefficient (Wildman–Crippen LogP) is 5.33. The summed E-state index contributed by atoms with van der Waals surface area (Å²) in [4.78, 5) is 4.80. The van der Waals surface area contributed by atoms with E-state index in [0.29, 0.717) is 5.02 Å². The molecule has 0 spiro atoms. The van der Waals surface area contributed by atoms with Crippen molar-refractivity contribution in [2.24, 2.45) is 0 Å². The summed E-state index contributed by atoms with van der Waals surface area (Å²) in [5.74, 6) is 1.50. The molecule has 0 radical (unpaired) electrons. The van der Waals surface area contributed by atoms with Crippen molar-refractivity contribution in [3.05, 3.63) is 71.4 Å². The smallest absolute Gasteiger partial charge is 0.153 e. The molecule has 2 aromatic heterocycles. The van der Waals surface area contributed by atoms with Gasteiger partial charge in [-0.3, -0.25) is 5.10 Å². The largest absolute Gasteiger partial charge is 0.323 e. The fraction of sp³-hybridized carbons (Fsp3) is 0.0526. The van der Waals surface area contributed by atoms with E-state index in [1.807, 2.05) is 55.5 Å². The number of benzene rings is 2. The molecular weight excluding hydrogens is 320 g/mol. The molecule has 0 aliphatic heterocycles. The quantitative estimate of drug-likeness (QED) is 0.532. The molecule has 2 heterocycles. The van der Waals surface area contributed by atoms with Gasteiger partial charge in [0.2, 0.25) is 0 Å². The lowest BCUT2D eigenvalue weighted by Crippen LogP contribution is -1.96. The van der Waals surface area contributed by atoms with Crippen LogP contribution in [0.3, 0.4) is 0 Å². The van der Waals surface area contributed by atoms with Crippen molar-refractivity contribution in [1.82, 2.24) is 15.2 Å². The number of aromatic nitrogens is 3. The van der Waals surface area contributed by atoms with E-state index in [-0.39, 0.29) is 0 Å². The van der Waals surface area contributed by atoms with Gasteiger partial charge in [-0.2, -0.15) is 5.10 Å². The van der Waals surface area contributed by atoms with Crippen molar-refractivity contribution < 1.29 is 0 Å². The van der Waals surface area contributed by atoms with Gasteiger partial charge in [-0.15, -0.1) is 0 Å². The molecule has 118 valence electrons. The zero-order chi connectivity index (χ0) is 16.5. The Morgan fingerprint density at radius 3 is 2.50 bits per heavy atom. The maximum absolute atomic E-state index is 6.01. The van der Waals surface area contributed by atoms with Crippen LogP contribution in [0.25, 0.3) is 22.0 Å². The molecule has 4 rings (SSSR count). The topological polar surface area (TPSA) is 53.6 Å². The monoisotopic (exact) mass is 334 g/mol. The molecule has 0 aliphatic carbocycles. The van der Waals surface area contributed by atoms with E-state index < -0.39 is 0 Å². The number of fused-ring (bicyclic) bond motifs is 1. The van der Waals surface area contributed by atoms with Gasteiger partial charge in [0, 0.05) is 27.7 Å². The minimum absolute atomic E-state index is 0.712. The molecule has 0 fully saturated rings. The maximum atomic E-state index is 6.01. The molecule has 5 heteroatoms. The number of H-pyrrole nitrogens is 1. The molecule has 0 aliphatic rings. The summed E-state index contributed by atoms with van der Waals surface area (Å²) in [5, 5.41) is 13.3. The van der Waals surface area contributed by atoms with E-state index in [1.54, 1.807) is 0 Å². The first-order valence-electron chi connectivity index (χ1n) is 7.64. The SMILES string of the molecule is Cc1cc(Nc2cc3ccccc3c(-c3ccc(Cl)cc3)n2)n[nH]1. The Kier molecular flexibility index (Phi) is 3.67. The average Bonchev–Trinajstić information content (AvgIpc) is 3.00. The number of aryl methyl sites for hydroxylation is 1. The molecule has 0 saturated heterocycles. The number of aromatic amines is 1. The van der Waals surface area contributed by atoms with Crippen molar-refractivity contribution in [2.75, 3.05) is 5.32 Å². The Bertz CT molecular complexity index is 1010. The highest BCUT2D eigenvalue weighted by Gasteiger charge is 2.09. The first kappa shape index (κ1) is 14.7. The lowest BCUT2D eigenvalue weighted by Gasteiger charge is -2.10. The maximum Gasteiger partial charge on any atom is 0.153 e. The minimum Gasteiger partial charge on any atom is -0.323 e. The van der Waals surface area contributed by atoms with Crippen LogP contribution in [0.5, 0.6) is 0 Å². The van der Waals surface area contributed by atoms with E-state index in [4.69, 9.17) is 16.6 Å². The Morgan fingerprint density at radius 1 is 0.958 bits per heavy atom. The average molecular weight is 335 g/mol. The molecule has 0 atom stereocenters. The second-order valence-electron chi connectivity index (χ2n) is 5.65. The number of rotatable bonds is 3. The van der Waals surface area contributed by atoms with Crippen LogP contribution in [-0.4, -0.2) is 15.2 Å². The van der Waals surface area contributed by atoms with Gasteiger partial charge >= 0.3 is 0 Å². The molecular formula is C19H15ClN4. The summed E-state index contributed by atoms with van der Waals surface area (Å²) in [6.07, 6.45) is 0. The van der Waals surface area contributed by atoms with E-state index in [0.717, 1.165) is 39.4 Å². The molecule has 0 amide bonds. The van der Waals surface area contributed by atoms with Crippen molar-refractivity contribution >= 4 is 34.0 Å². The van der Waals surface area contributed by atoms with Gasteiger partial charge in [0.15, 0.2) is 5.82 Å². The number of nitrogens with one attached hydrogen (secondary N) is 2. The van der Waals surface area contributed by atoms with E-state index in [2.05, 4.69) is 27.6 Å². The molecule has 4 aromatic rings. The van der Waals surface area contributed by atoms with Gasteiger partial charge in [0.25, 0.3) is 0 Å². The van der Waals surface area contributed by atoms with E-state index in [9.17, 15) is 0 Å².